The third kappa shape index (κ3) is 1.63. The molecular weight excluding hydrogens is 282 g/mol. The number of methoxy groups -OCH3 is 1. The number of hydrogen-bond acceptors (Lipinski definition) is 4. The van der Waals surface area contributed by atoms with Crippen LogP contribution < -0.4 is 4.90 Å². The van der Waals surface area contributed by atoms with E-state index in [9.17, 15) is 9.59 Å². The average molecular weight is 299 g/mol. The standard InChI is InChI=1S/C17H17NO4/c1-10-4-3-5-11(8-10)18-9-17-7-6-12(22-17)13(16(20)21-2)14(17)15(18)19/h3-8,12-14H,9H2,1-2H3/t12-,13+,14+,17+/m1/s1. The van der Waals surface area contributed by atoms with Crippen LogP contribution in [-0.4, -0.2) is 37.2 Å². The summed E-state index contributed by atoms with van der Waals surface area (Å²) in [5, 5.41) is 0. The lowest BCUT2D eigenvalue weighted by Gasteiger charge is -2.22. The Hall–Kier alpha value is -2.14. The predicted octanol–water partition coefficient (Wildman–Crippen LogP) is 1.45. The molecule has 5 heteroatoms. The van der Waals surface area contributed by atoms with E-state index >= 15 is 0 Å². The molecular formula is C17H17NO4. The number of aryl methyl sites for hydroxylation is 1. The van der Waals surface area contributed by atoms with Gasteiger partial charge >= 0.3 is 5.97 Å². The van der Waals surface area contributed by atoms with Gasteiger partial charge in [-0.1, -0.05) is 24.3 Å². The second kappa shape index (κ2) is 4.43. The molecule has 3 aliphatic heterocycles. The van der Waals surface area contributed by atoms with Crippen molar-refractivity contribution in [3.8, 4) is 0 Å². The molecule has 3 heterocycles. The SMILES string of the molecule is COC(=O)[C@@H]1[C@H]2C(=O)N(c3cccc(C)c3)C[C@@]23C=C[C@H]1O3. The van der Waals surface area contributed by atoms with E-state index in [0.717, 1.165) is 11.3 Å². The van der Waals surface area contributed by atoms with Crippen molar-refractivity contribution in [2.24, 2.45) is 11.8 Å². The molecule has 4 rings (SSSR count). The minimum Gasteiger partial charge on any atom is -0.469 e. The number of anilines is 1. The topological polar surface area (TPSA) is 55.8 Å². The Labute approximate surface area is 128 Å². The second-order valence-electron chi connectivity index (χ2n) is 6.19. The van der Waals surface area contributed by atoms with Crippen LogP contribution in [0.4, 0.5) is 5.69 Å². The van der Waals surface area contributed by atoms with Crippen molar-refractivity contribution in [2.45, 2.75) is 18.6 Å². The molecule has 1 amide bonds. The van der Waals surface area contributed by atoms with E-state index in [4.69, 9.17) is 9.47 Å². The van der Waals surface area contributed by atoms with E-state index in [2.05, 4.69) is 0 Å². The largest absolute Gasteiger partial charge is 0.469 e. The minimum absolute atomic E-state index is 0.0622. The number of hydrogen-bond donors (Lipinski definition) is 0. The highest BCUT2D eigenvalue weighted by molar-refractivity contribution is 6.02. The number of esters is 1. The maximum Gasteiger partial charge on any atom is 0.312 e. The van der Waals surface area contributed by atoms with Gasteiger partial charge in [-0.15, -0.1) is 0 Å². The first-order chi connectivity index (χ1) is 10.6. The molecule has 0 unspecified atom stereocenters. The summed E-state index contributed by atoms with van der Waals surface area (Å²) in [4.78, 5) is 26.7. The van der Waals surface area contributed by atoms with Gasteiger partial charge in [0, 0.05) is 5.69 Å². The molecule has 0 aliphatic carbocycles. The number of ether oxygens (including phenoxy) is 2. The zero-order chi connectivity index (χ0) is 15.5. The second-order valence-corrected chi connectivity index (χ2v) is 6.19. The molecule has 0 saturated carbocycles. The molecule has 0 N–H and O–H groups in total. The fraction of sp³-hybridized carbons (Fsp3) is 0.412. The molecule has 2 fully saturated rings. The van der Waals surface area contributed by atoms with Crippen LogP contribution in [-0.2, 0) is 19.1 Å². The Bertz CT molecular complexity index is 698. The number of carbonyl (C=O) groups excluding carboxylic acids is 2. The van der Waals surface area contributed by atoms with E-state index < -0.39 is 17.4 Å². The Balaban J connectivity index is 1.73. The van der Waals surface area contributed by atoms with Crippen molar-refractivity contribution in [3.05, 3.63) is 42.0 Å². The number of benzene rings is 1. The fourth-order valence-corrected chi connectivity index (χ4v) is 3.92. The maximum absolute atomic E-state index is 12.9. The number of rotatable bonds is 2. The first kappa shape index (κ1) is 13.5. The van der Waals surface area contributed by atoms with Crippen LogP contribution in [0.1, 0.15) is 5.56 Å². The van der Waals surface area contributed by atoms with Gasteiger partial charge < -0.3 is 14.4 Å². The maximum atomic E-state index is 12.9. The first-order valence-electron chi connectivity index (χ1n) is 7.39. The van der Waals surface area contributed by atoms with Crippen molar-refractivity contribution >= 4 is 17.6 Å². The summed E-state index contributed by atoms with van der Waals surface area (Å²) in [5.41, 5.74) is 1.24. The smallest absolute Gasteiger partial charge is 0.312 e. The Morgan fingerprint density at radius 1 is 1.45 bits per heavy atom. The van der Waals surface area contributed by atoms with Gasteiger partial charge in [0.05, 0.1) is 25.7 Å². The number of nitrogens with zero attached hydrogens (tertiary/aromatic N) is 1. The van der Waals surface area contributed by atoms with Crippen LogP contribution in [0.3, 0.4) is 0 Å². The molecule has 0 aromatic heterocycles. The van der Waals surface area contributed by atoms with Crippen molar-refractivity contribution in [3.63, 3.8) is 0 Å². The first-order valence-corrected chi connectivity index (χ1v) is 7.39. The lowest BCUT2D eigenvalue weighted by atomic mass is 9.77. The summed E-state index contributed by atoms with van der Waals surface area (Å²) in [7, 11) is 1.35. The van der Waals surface area contributed by atoms with Gasteiger partial charge in [-0.05, 0) is 24.6 Å². The van der Waals surface area contributed by atoms with Crippen LogP contribution in [0.5, 0.6) is 0 Å². The number of fused-ring (bicyclic) bond motifs is 1. The van der Waals surface area contributed by atoms with E-state index in [0.29, 0.717) is 6.54 Å². The van der Waals surface area contributed by atoms with E-state index in [-0.39, 0.29) is 18.0 Å². The normalized spacial score (nSPS) is 35.1. The summed E-state index contributed by atoms with van der Waals surface area (Å²) in [5.74, 6) is -1.47. The fourth-order valence-electron chi connectivity index (χ4n) is 3.92. The number of carbonyl (C=O) groups is 2. The molecule has 1 aromatic carbocycles. The van der Waals surface area contributed by atoms with Crippen LogP contribution in [0.25, 0.3) is 0 Å². The molecule has 22 heavy (non-hydrogen) atoms. The van der Waals surface area contributed by atoms with Crippen LogP contribution >= 0.6 is 0 Å². The molecule has 1 aromatic rings. The monoisotopic (exact) mass is 299 g/mol. The zero-order valence-electron chi connectivity index (χ0n) is 12.5. The average Bonchev–Trinajstić information content (AvgIpc) is 3.15. The lowest BCUT2D eigenvalue weighted by molar-refractivity contribution is -0.149. The Morgan fingerprint density at radius 3 is 3.00 bits per heavy atom. The third-order valence-electron chi connectivity index (χ3n) is 4.89. The summed E-state index contributed by atoms with van der Waals surface area (Å²) < 4.78 is 10.9. The summed E-state index contributed by atoms with van der Waals surface area (Å²) in [6.45, 7) is 2.43. The van der Waals surface area contributed by atoms with Gasteiger partial charge in [-0.3, -0.25) is 9.59 Å². The van der Waals surface area contributed by atoms with Crippen LogP contribution in [0.2, 0.25) is 0 Å². The van der Waals surface area contributed by atoms with E-state index in [1.165, 1.54) is 7.11 Å². The van der Waals surface area contributed by atoms with Gasteiger partial charge in [0.15, 0.2) is 0 Å². The van der Waals surface area contributed by atoms with Gasteiger partial charge in [0.25, 0.3) is 0 Å². The summed E-state index contributed by atoms with van der Waals surface area (Å²) in [6.07, 6.45) is 3.47. The van der Waals surface area contributed by atoms with Gasteiger partial charge in [0.2, 0.25) is 5.91 Å². The van der Waals surface area contributed by atoms with Gasteiger partial charge in [0.1, 0.15) is 11.5 Å². The quantitative estimate of drug-likeness (QED) is 0.613. The van der Waals surface area contributed by atoms with E-state index in [1.807, 2.05) is 43.3 Å². The molecule has 4 atom stereocenters. The molecule has 2 saturated heterocycles. The molecule has 5 nitrogen and oxygen atoms in total. The molecule has 1 spiro atoms. The highest BCUT2D eigenvalue weighted by Gasteiger charge is 2.67. The summed E-state index contributed by atoms with van der Waals surface area (Å²) in [6, 6.07) is 7.79. The number of amides is 1. The Kier molecular flexibility index (Phi) is 2.72. The van der Waals surface area contributed by atoms with Crippen molar-refractivity contribution in [1.82, 2.24) is 0 Å². The molecule has 2 bridgehead atoms. The summed E-state index contributed by atoms with van der Waals surface area (Å²) >= 11 is 0. The highest BCUT2D eigenvalue weighted by Crippen LogP contribution is 2.52. The van der Waals surface area contributed by atoms with Gasteiger partial charge in [-0.2, -0.15) is 0 Å². The molecule has 3 aliphatic rings. The van der Waals surface area contributed by atoms with Crippen molar-refractivity contribution in [1.29, 1.82) is 0 Å². The zero-order valence-corrected chi connectivity index (χ0v) is 12.5. The van der Waals surface area contributed by atoms with Crippen molar-refractivity contribution in [2.75, 3.05) is 18.6 Å². The molecule has 0 radical (unpaired) electrons. The molecule has 114 valence electrons. The van der Waals surface area contributed by atoms with Crippen LogP contribution in [0.15, 0.2) is 36.4 Å². The lowest BCUT2D eigenvalue weighted by Crippen LogP contribution is -2.39. The van der Waals surface area contributed by atoms with E-state index in [1.54, 1.807) is 4.90 Å². The minimum atomic E-state index is -0.690. The predicted molar refractivity (Wildman–Crippen MR) is 79.3 cm³/mol. The third-order valence-corrected chi connectivity index (χ3v) is 4.89. The highest BCUT2D eigenvalue weighted by atomic mass is 16.5. The van der Waals surface area contributed by atoms with Crippen molar-refractivity contribution < 1.29 is 19.1 Å². The van der Waals surface area contributed by atoms with Crippen LogP contribution in [0, 0.1) is 18.8 Å². The van der Waals surface area contributed by atoms with Gasteiger partial charge in [-0.25, -0.2) is 0 Å². The Morgan fingerprint density at radius 2 is 2.27 bits per heavy atom.